The number of rotatable bonds is 9. The van der Waals surface area contributed by atoms with E-state index in [2.05, 4.69) is 10.3 Å². The molecule has 0 saturated heterocycles. The van der Waals surface area contributed by atoms with Crippen molar-refractivity contribution in [3.05, 3.63) is 45.1 Å². The zero-order valence-corrected chi connectivity index (χ0v) is 22.3. The van der Waals surface area contributed by atoms with Crippen molar-refractivity contribution >= 4 is 73.4 Å². The second kappa shape index (κ2) is 11.8. The topological polar surface area (TPSA) is 116 Å². The summed E-state index contributed by atoms with van der Waals surface area (Å²) in [5.74, 6) is -1.56. The first-order valence-corrected chi connectivity index (χ1v) is 14.1. The number of ether oxygens (including phenoxy) is 2. The van der Waals surface area contributed by atoms with Crippen molar-refractivity contribution in [3.8, 4) is 0 Å². The van der Waals surface area contributed by atoms with Crippen molar-refractivity contribution in [2.75, 3.05) is 30.5 Å². The summed E-state index contributed by atoms with van der Waals surface area (Å²) in [4.78, 5) is 55.1. The van der Waals surface area contributed by atoms with E-state index in [0.29, 0.717) is 15.4 Å². The number of benzene rings is 1. The maximum atomic E-state index is 12.6. The minimum Gasteiger partial charge on any atom is -0.468 e. The van der Waals surface area contributed by atoms with E-state index in [4.69, 9.17) is 9.47 Å². The molecule has 2 aromatic heterocycles. The number of para-hydroxylation sites is 1. The number of esters is 2. The lowest BCUT2D eigenvalue weighted by molar-refractivity contribution is -0.141. The molecule has 4 rings (SSSR count). The van der Waals surface area contributed by atoms with Gasteiger partial charge in [0.25, 0.3) is 5.91 Å². The van der Waals surface area contributed by atoms with E-state index >= 15 is 0 Å². The first kappa shape index (κ1) is 26.1. The Bertz CT molecular complexity index is 1390. The highest BCUT2D eigenvalue weighted by atomic mass is 32.2. The maximum Gasteiger partial charge on any atom is 0.341 e. The molecular weight excluding hydrogens is 522 g/mol. The van der Waals surface area contributed by atoms with Crippen LogP contribution in [-0.2, 0) is 43.2 Å². The van der Waals surface area contributed by atoms with Crippen LogP contribution in [0.15, 0.2) is 29.3 Å². The van der Waals surface area contributed by atoms with E-state index < -0.39 is 17.8 Å². The molecule has 2 amide bonds. The average molecular weight is 548 g/mol. The van der Waals surface area contributed by atoms with Gasteiger partial charge in [0.15, 0.2) is 4.80 Å². The Morgan fingerprint density at radius 1 is 1.14 bits per heavy atom. The van der Waals surface area contributed by atoms with Crippen molar-refractivity contribution < 1.29 is 28.7 Å². The normalized spacial score (nSPS) is 13.0. The number of carbonyl (C=O) groups excluding carboxylic acids is 4. The number of methoxy groups -OCH3 is 1. The Labute approximate surface area is 219 Å². The fourth-order valence-electron chi connectivity index (χ4n) is 3.90. The van der Waals surface area contributed by atoms with Gasteiger partial charge in [0.2, 0.25) is 5.91 Å². The number of fused-ring (bicyclic) bond motifs is 2. The van der Waals surface area contributed by atoms with Crippen LogP contribution in [-0.4, -0.2) is 53.5 Å². The number of thiazole rings is 1. The molecule has 0 bridgehead atoms. The van der Waals surface area contributed by atoms with Crippen molar-refractivity contribution in [2.24, 2.45) is 4.99 Å². The SMILES string of the molecule is CCOC(=O)c1c(NC(=O)CSCC(=O)N=c2sc3ccccc3n2CC(=O)OC)sc2c1CCC2. The van der Waals surface area contributed by atoms with E-state index in [1.165, 1.54) is 29.8 Å². The van der Waals surface area contributed by atoms with Crippen LogP contribution >= 0.6 is 34.4 Å². The monoisotopic (exact) mass is 547 g/mol. The summed E-state index contributed by atoms with van der Waals surface area (Å²) in [6.45, 7) is 1.95. The second-order valence-corrected chi connectivity index (χ2v) is 10.9. The van der Waals surface area contributed by atoms with E-state index in [1.54, 1.807) is 11.5 Å². The Hall–Kier alpha value is -2.96. The Morgan fingerprint density at radius 3 is 2.72 bits per heavy atom. The van der Waals surface area contributed by atoms with Gasteiger partial charge in [-0.3, -0.25) is 14.4 Å². The van der Waals surface area contributed by atoms with Crippen LogP contribution in [0.2, 0.25) is 0 Å². The second-order valence-electron chi connectivity index (χ2n) is 7.84. The summed E-state index contributed by atoms with van der Waals surface area (Å²) in [6.07, 6.45) is 2.68. The molecule has 0 fully saturated rings. The fourth-order valence-corrected chi connectivity index (χ4v) is 6.84. The van der Waals surface area contributed by atoms with Crippen molar-refractivity contribution in [1.82, 2.24) is 4.57 Å². The highest BCUT2D eigenvalue weighted by molar-refractivity contribution is 8.00. The number of anilines is 1. The highest BCUT2D eigenvalue weighted by Gasteiger charge is 2.28. The molecular formula is C24H25N3O6S3. The maximum absolute atomic E-state index is 12.6. The molecule has 0 atom stereocenters. The third kappa shape index (κ3) is 5.88. The van der Waals surface area contributed by atoms with Crippen LogP contribution in [0, 0.1) is 0 Å². The third-order valence-electron chi connectivity index (χ3n) is 5.44. The largest absolute Gasteiger partial charge is 0.468 e. The molecule has 0 aliphatic heterocycles. The molecule has 12 heteroatoms. The van der Waals surface area contributed by atoms with Crippen LogP contribution in [0.1, 0.15) is 34.1 Å². The molecule has 0 unspecified atom stereocenters. The van der Waals surface area contributed by atoms with Gasteiger partial charge in [0.05, 0.1) is 41.0 Å². The van der Waals surface area contributed by atoms with Gasteiger partial charge in [-0.15, -0.1) is 23.1 Å². The number of carbonyl (C=O) groups is 4. The molecule has 0 spiro atoms. The predicted molar refractivity (Wildman–Crippen MR) is 141 cm³/mol. The quantitative estimate of drug-likeness (QED) is 0.408. The number of nitrogens with one attached hydrogen (secondary N) is 1. The van der Waals surface area contributed by atoms with E-state index in [1.807, 2.05) is 24.3 Å². The third-order valence-corrected chi connectivity index (χ3v) is 8.62. The van der Waals surface area contributed by atoms with Gasteiger partial charge >= 0.3 is 11.9 Å². The van der Waals surface area contributed by atoms with E-state index in [-0.39, 0.29) is 30.6 Å². The van der Waals surface area contributed by atoms with Gasteiger partial charge < -0.3 is 19.4 Å². The van der Waals surface area contributed by atoms with E-state index in [0.717, 1.165) is 51.7 Å². The van der Waals surface area contributed by atoms with Crippen LogP contribution in [0.4, 0.5) is 5.00 Å². The molecule has 1 aliphatic carbocycles. The van der Waals surface area contributed by atoms with Crippen LogP contribution in [0.3, 0.4) is 0 Å². The van der Waals surface area contributed by atoms with Gasteiger partial charge in [-0.1, -0.05) is 23.5 Å². The van der Waals surface area contributed by atoms with Crippen molar-refractivity contribution in [3.63, 3.8) is 0 Å². The number of thioether (sulfide) groups is 1. The van der Waals surface area contributed by atoms with Crippen LogP contribution in [0.25, 0.3) is 10.2 Å². The van der Waals surface area contributed by atoms with Gasteiger partial charge in [-0.05, 0) is 43.9 Å². The van der Waals surface area contributed by atoms with Gasteiger partial charge in [-0.2, -0.15) is 4.99 Å². The van der Waals surface area contributed by atoms with E-state index in [9.17, 15) is 19.2 Å². The molecule has 1 aromatic carbocycles. The van der Waals surface area contributed by atoms with Crippen molar-refractivity contribution in [1.29, 1.82) is 0 Å². The first-order valence-electron chi connectivity index (χ1n) is 11.3. The summed E-state index contributed by atoms with van der Waals surface area (Å²) in [5.41, 5.74) is 2.21. The summed E-state index contributed by atoms with van der Waals surface area (Å²) >= 11 is 3.85. The molecule has 36 heavy (non-hydrogen) atoms. The molecule has 3 aromatic rings. The minimum absolute atomic E-state index is 0.00837. The number of thiophene rings is 1. The lowest BCUT2D eigenvalue weighted by atomic mass is 10.1. The summed E-state index contributed by atoms with van der Waals surface area (Å²) in [6, 6.07) is 7.46. The van der Waals surface area contributed by atoms with Gasteiger partial charge in [0.1, 0.15) is 11.5 Å². The molecule has 1 aliphatic rings. The number of amides is 2. The number of aryl methyl sites for hydroxylation is 1. The fraction of sp³-hybridized carbons (Fsp3) is 0.375. The molecule has 1 N–H and O–H groups in total. The Kier molecular flexibility index (Phi) is 8.60. The lowest BCUT2D eigenvalue weighted by Gasteiger charge is -2.07. The molecule has 0 radical (unpaired) electrons. The summed E-state index contributed by atoms with van der Waals surface area (Å²) < 4.78 is 12.5. The van der Waals surface area contributed by atoms with Gasteiger partial charge in [0, 0.05) is 4.88 Å². The molecule has 0 saturated carbocycles. The summed E-state index contributed by atoms with van der Waals surface area (Å²) in [5, 5.41) is 3.33. The van der Waals surface area contributed by atoms with Crippen LogP contribution in [0.5, 0.6) is 0 Å². The number of nitrogens with zero attached hydrogens (tertiary/aromatic N) is 2. The molecule has 9 nitrogen and oxygen atoms in total. The number of aromatic nitrogens is 1. The standard InChI is InChI=1S/C24H25N3O6S3/c1-3-33-23(31)21-14-7-6-10-16(14)35-22(21)25-18(28)12-34-13-19(29)26-24-27(11-20(30)32-2)15-8-4-5-9-17(15)36-24/h4-5,8-9H,3,6-7,10-13H2,1-2H3,(H,25,28). The molecule has 2 heterocycles. The number of hydrogen-bond donors (Lipinski definition) is 1. The minimum atomic E-state index is -0.444. The highest BCUT2D eigenvalue weighted by Crippen LogP contribution is 2.39. The lowest BCUT2D eigenvalue weighted by Crippen LogP contribution is -2.23. The summed E-state index contributed by atoms with van der Waals surface area (Å²) in [7, 11) is 1.31. The zero-order chi connectivity index (χ0) is 25.7. The Morgan fingerprint density at radius 2 is 1.94 bits per heavy atom. The smallest absolute Gasteiger partial charge is 0.341 e. The van der Waals surface area contributed by atoms with Crippen molar-refractivity contribution in [2.45, 2.75) is 32.7 Å². The van der Waals surface area contributed by atoms with Crippen LogP contribution < -0.4 is 10.1 Å². The predicted octanol–water partition coefficient (Wildman–Crippen LogP) is 3.40. The number of hydrogen-bond acceptors (Lipinski definition) is 9. The Balaban J connectivity index is 1.40. The molecule has 190 valence electrons. The first-order chi connectivity index (χ1) is 17.4. The average Bonchev–Trinajstić information content (AvgIpc) is 3.52. The van der Waals surface area contributed by atoms with Gasteiger partial charge in [-0.25, -0.2) is 4.79 Å². The zero-order valence-electron chi connectivity index (χ0n) is 19.8.